The summed E-state index contributed by atoms with van der Waals surface area (Å²) < 4.78 is 15.1. The Bertz CT molecular complexity index is 545. The lowest BCUT2D eigenvalue weighted by molar-refractivity contribution is 0.594. The lowest BCUT2D eigenvalue weighted by Gasteiger charge is -2.15. The second-order valence-corrected chi connectivity index (χ2v) is 4.64. The minimum absolute atomic E-state index is 0.292. The molecule has 1 atom stereocenters. The zero-order valence-electron chi connectivity index (χ0n) is 10.3. The van der Waals surface area contributed by atoms with E-state index in [0.29, 0.717) is 22.8 Å². The molecular formula is C13H15ClFN3. The van der Waals surface area contributed by atoms with Crippen LogP contribution in [0.2, 0.25) is 5.02 Å². The van der Waals surface area contributed by atoms with Gasteiger partial charge < -0.3 is 5.73 Å². The first-order chi connectivity index (χ1) is 8.52. The van der Waals surface area contributed by atoms with Crippen molar-refractivity contribution in [1.29, 1.82) is 0 Å². The molecule has 0 saturated heterocycles. The van der Waals surface area contributed by atoms with Gasteiger partial charge in [-0.2, -0.15) is 5.10 Å². The van der Waals surface area contributed by atoms with E-state index in [9.17, 15) is 4.39 Å². The molecule has 0 radical (unpaired) electrons. The molecule has 0 spiro atoms. The summed E-state index contributed by atoms with van der Waals surface area (Å²) in [7, 11) is 0. The lowest BCUT2D eigenvalue weighted by Crippen LogP contribution is -2.18. The number of hydrogen-bond donors (Lipinski definition) is 1. The first-order valence-corrected chi connectivity index (χ1v) is 6.14. The van der Waals surface area contributed by atoms with Crippen molar-refractivity contribution in [3.05, 3.63) is 52.1 Å². The first kappa shape index (κ1) is 13.1. The Balaban J connectivity index is 2.47. The Morgan fingerprint density at radius 2 is 2.17 bits per heavy atom. The number of benzene rings is 1. The third-order valence-electron chi connectivity index (χ3n) is 2.85. The molecule has 2 aromatic rings. The summed E-state index contributed by atoms with van der Waals surface area (Å²) in [5.74, 6) is -0.292. The van der Waals surface area contributed by atoms with Crippen molar-refractivity contribution in [2.75, 3.05) is 0 Å². The van der Waals surface area contributed by atoms with Gasteiger partial charge in [0.2, 0.25) is 0 Å². The number of halogens is 2. The summed E-state index contributed by atoms with van der Waals surface area (Å²) in [6.45, 7) is 4.46. The molecule has 18 heavy (non-hydrogen) atoms. The minimum Gasteiger partial charge on any atom is -0.319 e. The Morgan fingerprint density at radius 1 is 1.44 bits per heavy atom. The number of hydrogen-bond acceptors (Lipinski definition) is 2. The van der Waals surface area contributed by atoms with Gasteiger partial charge in [0.05, 0.1) is 23.0 Å². The molecule has 5 heteroatoms. The van der Waals surface area contributed by atoms with Gasteiger partial charge in [-0.1, -0.05) is 17.7 Å². The van der Waals surface area contributed by atoms with Crippen molar-refractivity contribution in [3.8, 4) is 0 Å². The Morgan fingerprint density at radius 3 is 2.78 bits per heavy atom. The van der Waals surface area contributed by atoms with Crippen LogP contribution in [-0.2, 0) is 6.54 Å². The van der Waals surface area contributed by atoms with Crippen LogP contribution in [0.25, 0.3) is 0 Å². The van der Waals surface area contributed by atoms with Gasteiger partial charge in [0.25, 0.3) is 0 Å². The zero-order chi connectivity index (χ0) is 13.3. The summed E-state index contributed by atoms with van der Waals surface area (Å²) in [6.07, 6.45) is 1.56. The third kappa shape index (κ3) is 2.40. The normalized spacial score (nSPS) is 12.7. The lowest BCUT2D eigenvalue weighted by atomic mass is 10.0. The molecular weight excluding hydrogens is 253 g/mol. The maximum atomic E-state index is 13.4. The molecule has 1 heterocycles. The van der Waals surface area contributed by atoms with E-state index in [1.165, 1.54) is 12.1 Å². The van der Waals surface area contributed by atoms with Crippen molar-refractivity contribution >= 4 is 11.6 Å². The second-order valence-electron chi connectivity index (χ2n) is 4.23. The van der Waals surface area contributed by atoms with Crippen LogP contribution >= 0.6 is 11.6 Å². The predicted molar refractivity (Wildman–Crippen MR) is 70.1 cm³/mol. The van der Waals surface area contributed by atoms with Crippen LogP contribution in [-0.4, -0.2) is 9.78 Å². The minimum atomic E-state index is -0.477. The molecule has 0 amide bonds. The molecule has 0 aliphatic carbocycles. The number of nitrogens with zero attached hydrogens (tertiary/aromatic N) is 2. The number of rotatable bonds is 3. The largest absolute Gasteiger partial charge is 0.319 e. The Hall–Kier alpha value is -1.39. The molecule has 1 aromatic carbocycles. The molecule has 1 unspecified atom stereocenters. The smallest absolute Gasteiger partial charge is 0.123 e. The highest BCUT2D eigenvalue weighted by molar-refractivity contribution is 6.31. The molecule has 2 rings (SSSR count). The van der Waals surface area contributed by atoms with E-state index < -0.39 is 6.04 Å². The molecule has 0 fully saturated rings. The van der Waals surface area contributed by atoms with Crippen LogP contribution in [0.3, 0.4) is 0 Å². The average Bonchev–Trinajstić information content (AvgIpc) is 2.68. The van der Waals surface area contributed by atoms with Gasteiger partial charge in [-0.25, -0.2) is 4.39 Å². The monoisotopic (exact) mass is 267 g/mol. The zero-order valence-corrected chi connectivity index (χ0v) is 11.1. The maximum absolute atomic E-state index is 13.4. The van der Waals surface area contributed by atoms with Gasteiger partial charge in [-0.05, 0) is 37.1 Å². The molecule has 3 nitrogen and oxygen atoms in total. The van der Waals surface area contributed by atoms with Gasteiger partial charge >= 0.3 is 0 Å². The quantitative estimate of drug-likeness (QED) is 0.929. The van der Waals surface area contributed by atoms with Gasteiger partial charge in [-0.15, -0.1) is 0 Å². The van der Waals surface area contributed by atoms with Crippen LogP contribution in [0.15, 0.2) is 24.4 Å². The van der Waals surface area contributed by atoms with Crippen molar-refractivity contribution in [3.63, 3.8) is 0 Å². The van der Waals surface area contributed by atoms with Gasteiger partial charge in [0.15, 0.2) is 0 Å². The number of nitrogens with two attached hydrogens (primary N) is 1. The van der Waals surface area contributed by atoms with E-state index in [0.717, 1.165) is 5.56 Å². The molecule has 0 aliphatic rings. The maximum Gasteiger partial charge on any atom is 0.123 e. The molecule has 2 N–H and O–H groups in total. The highest BCUT2D eigenvalue weighted by Crippen LogP contribution is 2.27. The van der Waals surface area contributed by atoms with E-state index in [-0.39, 0.29) is 5.82 Å². The fourth-order valence-corrected chi connectivity index (χ4v) is 2.29. The highest BCUT2D eigenvalue weighted by Gasteiger charge is 2.18. The van der Waals surface area contributed by atoms with Crippen LogP contribution < -0.4 is 5.73 Å². The van der Waals surface area contributed by atoms with E-state index in [4.69, 9.17) is 17.3 Å². The van der Waals surface area contributed by atoms with Crippen LogP contribution in [0.1, 0.15) is 29.8 Å². The van der Waals surface area contributed by atoms with Crippen molar-refractivity contribution in [1.82, 2.24) is 9.78 Å². The predicted octanol–water partition coefficient (Wildman–Crippen LogP) is 3.05. The van der Waals surface area contributed by atoms with E-state index in [1.807, 2.05) is 19.9 Å². The van der Waals surface area contributed by atoms with Crippen molar-refractivity contribution < 1.29 is 4.39 Å². The summed E-state index contributed by atoms with van der Waals surface area (Å²) in [4.78, 5) is 0. The third-order valence-corrected chi connectivity index (χ3v) is 3.14. The van der Waals surface area contributed by atoms with Crippen LogP contribution in [0.4, 0.5) is 4.39 Å². The van der Waals surface area contributed by atoms with E-state index in [1.54, 1.807) is 10.9 Å². The Kier molecular flexibility index (Phi) is 3.68. The summed E-state index contributed by atoms with van der Waals surface area (Å²) >= 11 is 6.09. The summed E-state index contributed by atoms with van der Waals surface area (Å²) in [5, 5.41) is 4.64. The first-order valence-electron chi connectivity index (χ1n) is 5.76. The number of aromatic nitrogens is 2. The number of aryl methyl sites for hydroxylation is 2. The van der Waals surface area contributed by atoms with Crippen molar-refractivity contribution in [2.24, 2.45) is 5.73 Å². The molecule has 96 valence electrons. The van der Waals surface area contributed by atoms with E-state index in [2.05, 4.69) is 5.10 Å². The Labute approximate surface area is 110 Å². The summed E-state index contributed by atoms with van der Waals surface area (Å²) in [6, 6.07) is 4.28. The fraction of sp³-hybridized carbons (Fsp3) is 0.308. The van der Waals surface area contributed by atoms with Gasteiger partial charge in [0, 0.05) is 6.54 Å². The SMILES string of the molecule is CCn1ncc(Cl)c1C(N)c1cc(C)cc(F)c1. The molecule has 0 bridgehead atoms. The molecule has 0 aliphatic heterocycles. The van der Waals surface area contributed by atoms with Crippen LogP contribution in [0.5, 0.6) is 0 Å². The fourth-order valence-electron chi connectivity index (χ4n) is 2.04. The summed E-state index contributed by atoms with van der Waals surface area (Å²) in [5.41, 5.74) is 8.41. The van der Waals surface area contributed by atoms with Crippen LogP contribution in [0, 0.1) is 12.7 Å². The average molecular weight is 268 g/mol. The van der Waals surface area contributed by atoms with Gasteiger partial charge in [0.1, 0.15) is 5.82 Å². The van der Waals surface area contributed by atoms with Gasteiger partial charge in [-0.3, -0.25) is 4.68 Å². The second kappa shape index (κ2) is 5.08. The van der Waals surface area contributed by atoms with Crippen molar-refractivity contribution in [2.45, 2.75) is 26.4 Å². The standard InChI is InChI=1S/C13H15ClFN3/c1-3-18-13(11(14)7-17-18)12(16)9-4-8(2)5-10(15)6-9/h4-7,12H,3,16H2,1-2H3. The highest BCUT2D eigenvalue weighted by atomic mass is 35.5. The molecule has 0 saturated carbocycles. The molecule has 1 aromatic heterocycles. The topological polar surface area (TPSA) is 43.8 Å². The van der Waals surface area contributed by atoms with E-state index >= 15 is 0 Å².